The summed E-state index contributed by atoms with van der Waals surface area (Å²) in [6, 6.07) is 8.16. The number of hydrogen-bond donors (Lipinski definition) is 3. The van der Waals surface area contributed by atoms with Crippen molar-refractivity contribution < 1.29 is 18.8 Å². The summed E-state index contributed by atoms with van der Waals surface area (Å²) in [7, 11) is 0. The monoisotopic (exact) mass is 369 g/mol. The van der Waals surface area contributed by atoms with Gasteiger partial charge in [-0.15, -0.1) is 0 Å². The number of carbonyl (C=O) groups is 3. The summed E-state index contributed by atoms with van der Waals surface area (Å²) in [5.74, 6) is -0.437. The highest BCUT2D eigenvalue weighted by atomic mass is 16.3. The van der Waals surface area contributed by atoms with Crippen molar-refractivity contribution in [2.45, 2.75) is 39.0 Å². The van der Waals surface area contributed by atoms with Gasteiger partial charge in [-0.05, 0) is 44.0 Å². The maximum absolute atomic E-state index is 12.3. The van der Waals surface area contributed by atoms with Crippen molar-refractivity contribution >= 4 is 23.4 Å². The van der Waals surface area contributed by atoms with Crippen LogP contribution in [-0.2, 0) is 4.79 Å². The molecular formula is C20H23N3O4. The Hall–Kier alpha value is -3.09. The molecule has 1 fully saturated rings. The molecule has 1 aliphatic rings. The van der Waals surface area contributed by atoms with Gasteiger partial charge in [0.25, 0.3) is 11.8 Å². The van der Waals surface area contributed by atoms with Crippen molar-refractivity contribution in [3.8, 4) is 0 Å². The molecule has 0 atom stereocenters. The molecule has 0 aliphatic heterocycles. The first-order valence-corrected chi connectivity index (χ1v) is 9.10. The molecule has 142 valence electrons. The van der Waals surface area contributed by atoms with E-state index in [9.17, 15) is 14.4 Å². The Labute approximate surface area is 157 Å². The molecule has 0 bridgehead atoms. The number of rotatable bonds is 4. The van der Waals surface area contributed by atoms with E-state index in [0.717, 1.165) is 25.7 Å². The summed E-state index contributed by atoms with van der Waals surface area (Å²) in [5, 5.41) is 2.88. The number of anilines is 1. The van der Waals surface area contributed by atoms with Gasteiger partial charge in [-0.25, -0.2) is 0 Å². The van der Waals surface area contributed by atoms with Crippen molar-refractivity contribution in [3.05, 3.63) is 53.5 Å². The van der Waals surface area contributed by atoms with Crippen LogP contribution < -0.4 is 16.2 Å². The Kier molecular flexibility index (Phi) is 5.90. The molecular weight excluding hydrogens is 346 g/mol. The van der Waals surface area contributed by atoms with Crippen LogP contribution in [0.2, 0.25) is 0 Å². The molecule has 7 nitrogen and oxygen atoms in total. The molecule has 0 radical (unpaired) electrons. The molecule has 2 aromatic rings. The van der Waals surface area contributed by atoms with E-state index in [2.05, 4.69) is 16.2 Å². The van der Waals surface area contributed by atoms with E-state index in [4.69, 9.17) is 4.42 Å². The van der Waals surface area contributed by atoms with Crippen molar-refractivity contribution in [2.24, 2.45) is 5.92 Å². The van der Waals surface area contributed by atoms with Crippen LogP contribution in [0.5, 0.6) is 0 Å². The molecule has 3 amide bonds. The van der Waals surface area contributed by atoms with Gasteiger partial charge in [0, 0.05) is 17.2 Å². The number of benzene rings is 1. The molecule has 3 rings (SSSR count). The lowest BCUT2D eigenvalue weighted by Crippen LogP contribution is -2.41. The highest BCUT2D eigenvalue weighted by Gasteiger charge is 2.21. The summed E-state index contributed by atoms with van der Waals surface area (Å²) in [5.41, 5.74) is 5.97. The number of amides is 3. The molecule has 1 aromatic heterocycles. The van der Waals surface area contributed by atoms with Crippen molar-refractivity contribution in [2.75, 3.05) is 5.32 Å². The Morgan fingerprint density at radius 3 is 2.44 bits per heavy atom. The second kappa shape index (κ2) is 8.53. The number of nitrogens with one attached hydrogen (secondary N) is 3. The molecule has 1 aliphatic carbocycles. The minimum Gasteiger partial charge on any atom is -0.469 e. The predicted molar refractivity (Wildman–Crippen MR) is 100 cm³/mol. The fraction of sp³-hybridized carbons (Fsp3) is 0.350. The van der Waals surface area contributed by atoms with Crippen LogP contribution in [0.4, 0.5) is 5.69 Å². The van der Waals surface area contributed by atoms with E-state index in [1.807, 2.05) is 0 Å². The van der Waals surface area contributed by atoms with Crippen LogP contribution in [0.25, 0.3) is 0 Å². The summed E-state index contributed by atoms with van der Waals surface area (Å²) < 4.78 is 5.07. The third-order valence-electron chi connectivity index (χ3n) is 4.76. The summed E-state index contributed by atoms with van der Waals surface area (Å²) >= 11 is 0. The third-order valence-corrected chi connectivity index (χ3v) is 4.76. The van der Waals surface area contributed by atoms with Crippen molar-refractivity contribution in [3.63, 3.8) is 0 Å². The maximum Gasteiger partial charge on any atom is 0.273 e. The summed E-state index contributed by atoms with van der Waals surface area (Å²) in [6.07, 6.45) is 6.57. The lowest BCUT2D eigenvalue weighted by molar-refractivity contribution is -0.120. The lowest BCUT2D eigenvalue weighted by atomic mass is 9.88. The van der Waals surface area contributed by atoms with Crippen LogP contribution in [0, 0.1) is 12.8 Å². The van der Waals surface area contributed by atoms with Gasteiger partial charge >= 0.3 is 0 Å². The van der Waals surface area contributed by atoms with Crippen LogP contribution in [0.15, 0.2) is 41.0 Å². The normalized spacial score (nSPS) is 14.4. The van der Waals surface area contributed by atoms with E-state index in [1.54, 1.807) is 31.2 Å². The molecule has 1 aromatic carbocycles. The van der Waals surface area contributed by atoms with Gasteiger partial charge in [0.05, 0.1) is 11.8 Å². The molecule has 0 unspecified atom stereocenters. The molecule has 1 heterocycles. The highest BCUT2D eigenvalue weighted by molar-refractivity contribution is 6.00. The zero-order valence-electron chi connectivity index (χ0n) is 15.2. The number of carbonyl (C=O) groups excluding carboxylic acids is 3. The van der Waals surface area contributed by atoms with Gasteiger partial charge < -0.3 is 9.73 Å². The Bertz CT molecular complexity index is 837. The largest absolute Gasteiger partial charge is 0.469 e. The van der Waals surface area contributed by atoms with Gasteiger partial charge in [0.15, 0.2) is 0 Å². The van der Waals surface area contributed by atoms with Gasteiger partial charge in [-0.1, -0.05) is 25.3 Å². The number of hydrogen-bond acceptors (Lipinski definition) is 4. The molecule has 1 saturated carbocycles. The first-order chi connectivity index (χ1) is 13.0. The zero-order chi connectivity index (χ0) is 19.2. The average molecular weight is 369 g/mol. The zero-order valence-corrected chi connectivity index (χ0v) is 15.2. The van der Waals surface area contributed by atoms with Crippen LogP contribution in [0.3, 0.4) is 0 Å². The van der Waals surface area contributed by atoms with Crippen LogP contribution >= 0.6 is 0 Å². The smallest absolute Gasteiger partial charge is 0.273 e. The van der Waals surface area contributed by atoms with Crippen molar-refractivity contribution in [1.82, 2.24) is 10.9 Å². The Morgan fingerprint density at radius 2 is 1.74 bits per heavy atom. The standard InChI is InChI=1S/C20H23N3O4/c1-13-17(10-11-27-13)20(26)23-22-19(25)15-8-5-9-16(12-15)21-18(24)14-6-3-2-4-7-14/h5,8-12,14H,2-4,6-7H2,1H3,(H,21,24)(H,22,25)(H,23,26). The van der Waals surface area contributed by atoms with E-state index in [-0.39, 0.29) is 11.8 Å². The number of aryl methyl sites for hydroxylation is 1. The van der Waals surface area contributed by atoms with Gasteiger partial charge in [-0.2, -0.15) is 0 Å². The van der Waals surface area contributed by atoms with Gasteiger partial charge in [0.1, 0.15) is 5.76 Å². The topological polar surface area (TPSA) is 100 Å². The minimum atomic E-state index is -0.474. The quantitative estimate of drug-likeness (QED) is 0.721. The molecule has 0 saturated heterocycles. The number of hydrazine groups is 1. The second-order valence-electron chi connectivity index (χ2n) is 6.70. The highest BCUT2D eigenvalue weighted by Crippen LogP contribution is 2.25. The van der Waals surface area contributed by atoms with Crippen LogP contribution in [-0.4, -0.2) is 17.7 Å². The lowest BCUT2D eigenvalue weighted by Gasteiger charge is -2.20. The first kappa shape index (κ1) is 18.7. The molecule has 3 N–H and O–H groups in total. The second-order valence-corrected chi connectivity index (χ2v) is 6.70. The van der Waals surface area contributed by atoms with E-state index < -0.39 is 11.8 Å². The van der Waals surface area contributed by atoms with E-state index in [0.29, 0.717) is 22.6 Å². The molecule has 7 heteroatoms. The van der Waals surface area contributed by atoms with Gasteiger partial charge in [-0.3, -0.25) is 25.2 Å². The summed E-state index contributed by atoms with van der Waals surface area (Å²) in [4.78, 5) is 36.6. The first-order valence-electron chi connectivity index (χ1n) is 9.10. The molecule has 27 heavy (non-hydrogen) atoms. The van der Waals surface area contributed by atoms with E-state index >= 15 is 0 Å². The fourth-order valence-corrected chi connectivity index (χ4v) is 3.22. The maximum atomic E-state index is 12.3. The Balaban J connectivity index is 1.57. The average Bonchev–Trinajstić information content (AvgIpc) is 3.12. The minimum absolute atomic E-state index is 0.00371. The van der Waals surface area contributed by atoms with Gasteiger partial charge in [0.2, 0.25) is 5.91 Å². The Morgan fingerprint density at radius 1 is 1.00 bits per heavy atom. The van der Waals surface area contributed by atoms with E-state index in [1.165, 1.54) is 18.8 Å². The van der Waals surface area contributed by atoms with Crippen LogP contribution in [0.1, 0.15) is 58.6 Å². The SMILES string of the molecule is Cc1occc1C(=O)NNC(=O)c1cccc(NC(=O)C2CCCCC2)c1. The summed E-state index contributed by atoms with van der Waals surface area (Å²) in [6.45, 7) is 1.66. The molecule has 0 spiro atoms. The van der Waals surface area contributed by atoms with Crippen molar-refractivity contribution in [1.29, 1.82) is 0 Å². The fourth-order valence-electron chi connectivity index (χ4n) is 3.22. The predicted octanol–water partition coefficient (Wildman–Crippen LogP) is 3.18. The third kappa shape index (κ3) is 4.75. The number of furan rings is 1.